The predicted octanol–water partition coefficient (Wildman–Crippen LogP) is 4.54. The number of benzene rings is 2. The van der Waals surface area contributed by atoms with Gasteiger partial charge in [0, 0.05) is 24.2 Å². The van der Waals surface area contributed by atoms with E-state index in [2.05, 4.69) is 0 Å². The summed E-state index contributed by atoms with van der Waals surface area (Å²) in [5.74, 6) is 1.03. The van der Waals surface area contributed by atoms with E-state index in [4.69, 9.17) is 9.47 Å². The zero-order valence-electron chi connectivity index (χ0n) is 15.1. The molecule has 5 heteroatoms. The molecule has 0 spiro atoms. The number of hydrogen-bond donors (Lipinski definition) is 0. The van der Waals surface area contributed by atoms with Crippen molar-refractivity contribution in [1.82, 2.24) is 4.90 Å². The Morgan fingerprint density at radius 3 is 2.70 bits per heavy atom. The monoisotopic (exact) mass is 367 g/mol. The van der Waals surface area contributed by atoms with Gasteiger partial charge in [-0.25, -0.2) is 4.39 Å². The van der Waals surface area contributed by atoms with E-state index >= 15 is 0 Å². The molecule has 1 amide bonds. The molecule has 0 radical (unpaired) electrons. The highest BCUT2D eigenvalue weighted by Gasteiger charge is 2.26. The molecule has 2 aliphatic rings. The Bertz CT molecular complexity index is 858. The van der Waals surface area contributed by atoms with Crippen LogP contribution in [0.1, 0.15) is 36.8 Å². The largest absolute Gasteiger partial charge is 0.454 e. The van der Waals surface area contributed by atoms with Gasteiger partial charge in [0.1, 0.15) is 5.82 Å². The summed E-state index contributed by atoms with van der Waals surface area (Å²) in [6, 6.07) is 12.4. The highest BCUT2D eigenvalue weighted by molar-refractivity contribution is 5.92. The summed E-state index contributed by atoms with van der Waals surface area (Å²) in [7, 11) is 0. The van der Waals surface area contributed by atoms with E-state index in [1.807, 2.05) is 23.1 Å². The van der Waals surface area contributed by atoms with Crippen LogP contribution in [-0.4, -0.2) is 23.6 Å². The minimum Gasteiger partial charge on any atom is -0.454 e. The van der Waals surface area contributed by atoms with Crippen molar-refractivity contribution in [1.29, 1.82) is 0 Å². The van der Waals surface area contributed by atoms with Crippen molar-refractivity contribution in [3.8, 4) is 11.5 Å². The van der Waals surface area contributed by atoms with Crippen LogP contribution in [0.5, 0.6) is 11.5 Å². The molecule has 1 aliphatic heterocycles. The molecular formula is C22H22FNO3. The van der Waals surface area contributed by atoms with Crippen LogP contribution >= 0.6 is 0 Å². The second kappa shape index (κ2) is 7.82. The van der Waals surface area contributed by atoms with Gasteiger partial charge in [0.25, 0.3) is 0 Å². The van der Waals surface area contributed by atoms with Gasteiger partial charge < -0.3 is 14.4 Å². The lowest BCUT2D eigenvalue weighted by Gasteiger charge is -2.28. The molecule has 1 saturated carbocycles. The molecule has 140 valence electrons. The van der Waals surface area contributed by atoms with Crippen LogP contribution in [-0.2, 0) is 11.3 Å². The van der Waals surface area contributed by atoms with Crippen molar-refractivity contribution in [2.75, 3.05) is 6.79 Å². The fourth-order valence-corrected chi connectivity index (χ4v) is 3.71. The summed E-state index contributed by atoms with van der Waals surface area (Å²) in [6.45, 7) is 0.733. The van der Waals surface area contributed by atoms with Gasteiger partial charge in [0.2, 0.25) is 12.7 Å². The topological polar surface area (TPSA) is 38.8 Å². The van der Waals surface area contributed by atoms with E-state index < -0.39 is 0 Å². The van der Waals surface area contributed by atoms with Crippen molar-refractivity contribution in [3.05, 3.63) is 65.5 Å². The number of rotatable bonds is 5. The number of fused-ring (bicyclic) bond motifs is 1. The molecule has 0 atom stereocenters. The zero-order chi connectivity index (χ0) is 18.6. The number of ether oxygens (including phenoxy) is 2. The molecule has 0 aromatic heterocycles. The Morgan fingerprint density at radius 2 is 1.89 bits per heavy atom. The molecule has 1 aliphatic carbocycles. The maximum absolute atomic E-state index is 13.8. The minimum atomic E-state index is -0.329. The summed E-state index contributed by atoms with van der Waals surface area (Å²) in [5, 5.41) is 0. The number of carbonyl (C=O) groups is 1. The molecule has 2 aromatic rings. The normalized spacial score (nSPS) is 16.2. The second-order valence-electron chi connectivity index (χ2n) is 6.95. The number of nitrogens with zero attached hydrogens (tertiary/aromatic N) is 1. The SMILES string of the molecule is O=C(/C=C/c1ccccc1F)N(Cc1ccc2c(c1)OCO2)C1CCCC1. The quantitative estimate of drug-likeness (QED) is 0.729. The van der Waals surface area contributed by atoms with Crippen molar-refractivity contribution >= 4 is 12.0 Å². The van der Waals surface area contributed by atoms with Gasteiger partial charge in [-0.05, 0) is 42.7 Å². The Labute approximate surface area is 158 Å². The van der Waals surface area contributed by atoms with Crippen LogP contribution < -0.4 is 9.47 Å². The first kappa shape index (κ1) is 17.6. The van der Waals surface area contributed by atoms with Crippen molar-refractivity contribution in [2.45, 2.75) is 38.3 Å². The molecule has 1 heterocycles. The summed E-state index contributed by atoms with van der Waals surface area (Å²) in [4.78, 5) is 14.8. The zero-order valence-corrected chi connectivity index (χ0v) is 15.1. The Kier molecular flexibility index (Phi) is 5.10. The lowest BCUT2D eigenvalue weighted by molar-refractivity contribution is -0.128. The average molecular weight is 367 g/mol. The van der Waals surface area contributed by atoms with Crippen LogP contribution in [0, 0.1) is 5.82 Å². The van der Waals surface area contributed by atoms with Gasteiger partial charge in [-0.2, -0.15) is 0 Å². The Morgan fingerprint density at radius 1 is 1.11 bits per heavy atom. The fourth-order valence-electron chi connectivity index (χ4n) is 3.71. The van der Waals surface area contributed by atoms with Gasteiger partial charge in [-0.15, -0.1) is 0 Å². The Hall–Kier alpha value is -2.82. The number of halogens is 1. The lowest BCUT2D eigenvalue weighted by Crippen LogP contribution is -2.37. The third kappa shape index (κ3) is 3.97. The van der Waals surface area contributed by atoms with E-state index in [0.717, 1.165) is 37.0 Å². The van der Waals surface area contributed by atoms with E-state index in [0.29, 0.717) is 17.9 Å². The van der Waals surface area contributed by atoms with Gasteiger partial charge in [-0.3, -0.25) is 4.79 Å². The third-order valence-electron chi connectivity index (χ3n) is 5.15. The number of amides is 1. The first-order chi connectivity index (χ1) is 13.2. The first-order valence-corrected chi connectivity index (χ1v) is 9.32. The molecule has 27 heavy (non-hydrogen) atoms. The summed E-state index contributed by atoms with van der Waals surface area (Å²) < 4.78 is 24.6. The van der Waals surface area contributed by atoms with Gasteiger partial charge in [-0.1, -0.05) is 37.1 Å². The van der Waals surface area contributed by atoms with Gasteiger partial charge >= 0.3 is 0 Å². The molecule has 0 unspecified atom stereocenters. The number of carbonyl (C=O) groups excluding carboxylic acids is 1. The van der Waals surface area contributed by atoms with Gasteiger partial charge in [0.15, 0.2) is 11.5 Å². The smallest absolute Gasteiger partial charge is 0.247 e. The molecule has 4 rings (SSSR count). The standard InChI is InChI=1S/C22H22FNO3/c23-19-8-4-1-5-17(19)10-12-22(25)24(18-6-2-3-7-18)14-16-9-11-20-21(13-16)27-15-26-20/h1,4-5,8-13,18H,2-3,6-7,14-15H2/b12-10+. The van der Waals surface area contributed by atoms with Crippen molar-refractivity contribution < 1.29 is 18.7 Å². The van der Waals surface area contributed by atoms with Crippen LogP contribution in [0.4, 0.5) is 4.39 Å². The summed E-state index contributed by atoms with van der Waals surface area (Å²) >= 11 is 0. The summed E-state index contributed by atoms with van der Waals surface area (Å²) in [6.07, 6.45) is 7.30. The van der Waals surface area contributed by atoms with Crippen LogP contribution in [0.25, 0.3) is 6.08 Å². The third-order valence-corrected chi connectivity index (χ3v) is 5.15. The molecule has 0 saturated heterocycles. The first-order valence-electron chi connectivity index (χ1n) is 9.32. The molecule has 4 nitrogen and oxygen atoms in total. The Balaban J connectivity index is 1.53. The maximum atomic E-state index is 13.8. The highest BCUT2D eigenvalue weighted by Crippen LogP contribution is 2.33. The maximum Gasteiger partial charge on any atom is 0.247 e. The van der Waals surface area contributed by atoms with E-state index in [9.17, 15) is 9.18 Å². The average Bonchev–Trinajstić information content (AvgIpc) is 3.36. The lowest BCUT2D eigenvalue weighted by atomic mass is 10.1. The van der Waals surface area contributed by atoms with E-state index in [1.54, 1.807) is 24.3 Å². The highest BCUT2D eigenvalue weighted by atomic mass is 19.1. The molecular weight excluding hydrogens is 345 g/mol. The predicted molar refractivity (Wildman–Crippen MR) is 101 cm³/mol. The fraction of sp³-hybridized carbons (Fsp3) is 0.318. The van der Waals surface area contributed by atoms with Crippen molar-refractivity contribution in [3.63, 3.8) is 0 Å². The van der Waals surface area contributed by atoms with Crippen LogP contribution in [0.15, 0.2) is 48.5 Å². The molecule has 0 bridgehead atoms. The summed E-state index contributed by atoms with van der Waals surface area (Å²) in [5.41, 5.74) is 1.42. The van der Waals surface area contributed by atoms with Crippen LogP contribution in [0.3, 0.4) is 0 Å². The van der Waals surface area contributed by atoms with Crippen molar-refractivity contribution in [2.24, 2.45) is 0 Å². The molecule has 0 N–H and O–H groups in total. The molecule has 2 aromatic carbocycles. The number of hydrogen-bond acceptors (Lipinski definition) is 3. The van der Waals surface area contributed by atoms with E-state index in [-0.39, 0.29) is 24.6 Å². The minimum absolute atomic E-state index is 0.0946. The second-order valence-corrected chi connectivity index (χ2v) is 6.95. The van der Waals surface area contributed by atoms with Crippen LogP contribution in [0.2, 0.25) is 0 Å². The van der Waals surface area contributed by atoms with Gasteiger partial charge in [0.05, 0.1) is 0 Å². The molecule has 1 fully saturated rings. The van der Waals surface area contributed by atoms with E-state index in [1.165, 1.54) is 12.1 Å².